The molecule has 2 rings (SSSR count). The van der Waals surface area contributed by atoms with Gasteiger partial charge in [0.1, 0.15) is 11.4 Å². The van der Waals surface area contributed by atoms with Crippen molar-refractivity contribution in [3.63, 3.8) is 0 Å². The minimum absolute atomic E-state index is 0.193. The number of ether oxygens (including phenoxy) is 2. The van der Waals surface area contributed by atoms with E-state index >= 15 is 0 Å². The fraction of sp³-hybridized carbons (Fsp3) is 0.562. The summed E-state index contributed by atoms with van der Waals surface area (Å²) < 4.78 is 11.0. The molecule has 0 unspecified atom stereocenters. The van der Waals surface area contributed by atoms with Gasteiger partial charge < -0.3 is 9.47 Å². The Morgan fingerprint density at radius 1 is 1.32 bits per heavy atom. The minimum Gasteiger partial charge on any atom is -0.486 e. The lowest BCUT2D eigenvalue weighted by atomic mass is 9.77. The SMILES string of the molecule is COC(=O)CC1(Oc2ccccc2C(C)C)CCC1. The Morgan fingerprint density at radius 2 is 2.00 bits per heavy atom. The lowest BCUT2D eigenvalue weighted by molar-refractivity contribution is -0.148. The fourth-order valence-corrected chi connectivity index (χ4v) is 2.50. The Morgan fingerprint density at radius 3 is 2.53 bits per heavy atom. The molecular formula is C16H22O3. The Bertz CT molecular complexity index is 447. The summed E-state index contributed by atoms with van der Waals surface area (Å²) in [6.45, 7) is 4.30. The van der Waals surface area contributed by atoms with Crippen molar-refractivity contribution in [1.82, 2.24) is 0 Å². The highest BCUT2D eigenvalue weighted by Gasteiger charge is 2.42. The summed E-state index contributed by atoms with van der Waals surface area (Å²) in [5.74, 6) is 1.12. The third kappa shape index (κ3) is 3.09. The maximum Gasteiger partial charge on any atom is 0.309 e. The van der Waals surface area contributed by atoms with Crippen LogP contribution in [-0.2, 0) is 9.53 Å². The summed E-state index contributed by atoms with van der Waals surface area (Å²) >= 11 is 0. The van der Waals surface area contributed by atoms with Gasteiger partial charge in [-0.25, -0.2) is 0 Å². The molecule has 1 aliphatic carbocycles. The predicted molar refractivity (Wildman–Crippen MR) is 74.4 cm³/mol. The van der Waals surface area contributed by atoms with E-state index < -0.39 is 0 Å². The molecule has 0 aliphatic heterocycles. The van der Waals surface area contributed by atoms with Gasteiger partial charge in [0.25, 0.3) is 0 Å². The largest absolute Gasteiger partial charge is 0.486 e. The fourth-order valence-electron chi connectivity index (χ4n) is 2.50. The van der Waals surface area contributed by atoms with Gasteiger partial charge in [0.15, 0.2) is 0 Å². The van der Waals surface area contributed by atoms with Crippen molar-refractivity contribution in [3.05, 3.63) is 29.8 Å². The third-order valence-corrected chi connectivity index (χ3v) is 3.83. The quantitative estimate of drug-likeness (QED) is 0.759. The van der Waals surface area contributed by atoms with Gasteiger partial charge in [-0.05, 0) is 36.8 Å². The molecule has 1 aliphatic rings. The highest BCUT2D eigenvalue weighted by atomic mass is 16.5. The molecule has 0 spiro atoms. The molecule has 0 N–H and O–H groups in total. The van der Waals surface area contributed by atoms with Crippen LogP contribution in [0.2, 0.25) is 0 Å². The van der Waals surface area contributed by atoms with Crippen molar-refractivity contribution >= 4 is 5.97 Å². The van der Waals surface area contributed by atoms with Crippen LogP contribution in [0.4, 0.5) is 0 Å². The first kappa shape index (κ1) is 13.9. The van der Waals surface area contributed by atoms with E-state index in [-0.39, 0.29) is 11.6 Å². The molecule has 3 heteroatoms. The molecule has 0 saturated heterocycles. The van der Waals surface area contributed by atoms with E-state index in [0.717, 1.165) is 25.0 Å². The first-order chi connectivity index (χ1) is 9.06. The predicted octanol–water partition coefficient (Wildman–Crippen LogP) is 3.67. The summed E-state index contributed by atoms with van der Waals surface area (Å²) in [6, 6.07) is 8.08. The Balaban J connectivity index is 2.17. The molecule has 0 radical (unpaired) electrons. The first-order valence-electron chi connectivity index (χ1n) is 6.91. The number of rotatable bonds is 5. The maximum absolute atomic E-state index is 11.5. The number of benzene rings is 1. The zero-order chi connectivity index (χ0) is 13.9. The van der Waals surface area contributed by atoms with Crippen molar-refractivity contribution in [3.8, 4) is 5.75 Å². The van der Waals surface area contributed by atoms with E-state index in [2.05, 4.69) is 19.9 Å². The standard InChI is InChI=1S/C16H22O3/c1-12(2)13-7-4-5-8-14(13)19-16(9-6-10-16)11-15(17)18-3/h4-5,7-8,12H,6,9-11H2,1-3H3. The average molecular weight is 262 g/mol. The zero-order valence-electron chi connectivity index (χ0n) is 11.9. The lowest BCUT2D eigenvalue weighted by Crippen LogP contribution is -2.45. The van der Waals surface area contributed by atoms with Gasteiger partial charge in [0, 0.05) is 0 Å². The van der Waals surface area contributed by atoms with E-state index in [1.807, 2.05) is 18.2 Å². The monoisotopic (exact) mass is 262 g/mol. The molecule has 1 saturated carbocycles. The number of hydrogen-bond donors (Lipinski definition) is 0. The van der Waals surface area contributed by atoms with Crippen molar-refractivity contribution in [2.24, 2.45) is 0 Å². The maximum atomic E-state index is 11.5. The van der Waals surface area contributed by atoms with Crippen molar-refractivity contribution in [2.75, 3.05) is 7.11 Å². The molecule has 0 aromatic heterocycles. The van der Waals surface area contributed by atoms with Gasteiger partial charge in [-0.15, -0.1) is 0 Å². The van der Waals surface area contributed by atoms with E-state index in [4.69, 9.17) is 9.47 Å². The van der Waals surface area contributed by atoms with Gasteiger partial charge in [-0.3, -0.25) is 4.79 Å². The molecule has 1 aromatic rings. The number of para-hydroxylation sites is 1. The molecule has 0 amide bonds. The van der Waals surface area contributed by atoms with Crippen LogP contribution >= 0.6 is 0 Å². The second kappa shape index (κ2) is 5.64. The summed E-state index contributed by atoms with van der Waals surface area (Å²) in [4.78, 5) is 11.5. The van der Waals surface area contributed by atoms with E-state index in [0.29, 0.717) is 12.3 Å². The van der Waals surface area contributed by atoms with Crippen LogP contribution in [0.15, 0.2) is 24.3 Å². The van der Waals surface area contributed by atoms with Gasteiger partial charge >= 0.3 is 5.97 Å². The Labute approximate surface area is 114 Å². The van der Waals surface area contributed by atoms with Gasteiger partial charge in [-0.1, -0.05) is 32.0 Å². The number of methoxy groups -OCH3 is 1. The number of hydrogen-bond acceptors (Lipinski definition) is 3. The van der Waals surface area contributed by atoms with Gasteiger partial charge in [0.05, 0.1) is 13.5 Å². The summed E-state index contributed by atoms with van der Waals surface area (Å²) in [6.07, 6.45) is 3.31. The third-order valence-electron chi connectivity index (χ3n) is 3.83. The van der Waals surface area contributed by atoms with Crippen molar-refractivity contribution in [1.29, 1.82) is 0 Å². The molecule has 104 valence electrons. The summed E-state index contributed by atoms with van der Waals surface area (Å²) in [7, 11) is 1.43. The number of carbonyl (C=O) groups excluding carboxylic acids is 1. The molecule has 0 heterocycles. The van der Waals surface area contributed by atoms with E-state index in [1.54, 1.807) is 0 Å². The molecule has 0 bridgehead atoms. The molecule has 19 heavy (non-hydrogen) atoms. The molecule has 1 aromatic carbocycles. The van der Waals surface area contributed by atoms with Crippen molar-refractivity contribution in [2.45, 2.75) is 51.0 Å². The zero-order valence-corrected chi connectivity index (χ0v) is 11.9. The topological polar surface area (TPSA) is 35.5 Å². The van der Waals surface area contributed by atoms with Crippen LogP contribution in [0.3, 0.4) is 0 Å². The normalized spacial score (nSPS) is 16.8. The van der Waals surface area contributed by atoms with E-state index in [9.17, 15) is 4.79 Å². The first-order valence-corrected chi connectivity index (χ1v) is 6.91. The molecule has 0 atom stereocenters. The van der Waals surface area contributed by atoms with Crippen LogP contribution in [0.5, 0.6) is 5.75 Å². The minimum atomic E-state index is -0.349. The summed E-state index contributed by atoms with van der Waals surface area (Å²) in [5, 5.41) is 0. The second-order valence-corrected chi connectivity index (χ2v) is 5.58. The molecule has 1 fully saturated rings. The Hall–Kier alpha value is -1.51. The molecule has 3 nitrogen and oxygen atoms in total. The van der Waals surface area contributed by atoms with Crippen LogP contribution < -0.4 is 4.74 Å². The highest BCUT2D eigenvalue weighted by molar-refractivity contribution is 5.70. The summed E-state index contributed by atoms with van der Waals surface area (Å²) in [5.41, 5.74) is 0.844. The smallest absolute Gasteiger partial charge is 0.309 e. The van der Waals surface area contributed by atoms with Gasteiger partial charge in [0.2, 0.25) is 0 Å². The Kier molecular flexibility index (Phi) is 4.13. The van der Waals surface area contributed by atoms with E-state index in [1.165, 1.54) is 12.7 Å². The lowest BCUT2D eigenvalue weighted by Gasteiger charge is -2.41. The average Bonchev–Trinajstić information content (AvgIpc) is 2.36. The van der Waals surface area contributed by atoms with Gasteiger partial charge in [-0.2, -0.15) is 0 Å². The highest BCUT2D eigenvalue weighted by Crippen LogP contribution is 2.41. The van der Waals surface area contributed by atoms with Crippen molar-refractivity contribution < 1.29 is 14.3 Å². The number of esters is 1. The number of carbonyl (C=O) groups is 1. The van der Waals surface area contributed by atoms with Crippen LogP contribution in [0, 0.1) is 0 Å². The van der Waals surface area contributed by atoms with Crippen LogP contribution in [0.1, 0.15) is 51.0 Å². The molecular weight excluding hydrogens is 240 g/mol. The van der Waals surface area contributed by atoms with Crippen LogP contribution in [0.25, 0.3) is 0 Å². The van der Waals surface area contributed by atoms with Crippen LogP contribution in [-0.4, -0.2) is 18.7 Å². The second-order valence-electron chi connectivity index (χ2n) is 5.58.